The van der Waals surface area contributed by atoms with Gasteiger partial charge >= 0.3 is 6.03 Å². The Morgan fingerprint density at radius 2 is 1.92 bits per heavy atom. The topological polar surface area (TPSA) is 73.0 Å². The van der Waals surface area contributed by atoms with E-state index in [0.29, 0.717) is 31.8 Å². The van der Waals surface area contributed by atoms with Gasteiger partial charge in [-0.25, -0.2) is 4.79 Å². The van der Waals surface area contributed by atoms with Gasteiger partial charge in [-0.1, -0.05) is 19.3 Å². The second-order valence-corrected chi connectivity index (χ2v) is 7.38. The van der Waals surface area contributed by atoms with Crippen LogP contribution < -0.4 is 5.32 Å². The summed E-state index contributed by atoms with van der Waals surface area (Å²) in [6.45, 7) is 2.19. The molecule has 1 aliphatic carbocycles. The fourth-order valence-electron chi connectivity index (χ4n) is 4.42. The van der Waals surface area contributed by atoms with Crippen LogP contribution in [0.25, 0.3) is 0 Å². The third-order valence-corrected chi connectivity index (χ3v) is 5.91. The summed E-state index contributed by atoms with van der Waals surface area (Å²) in [6.07, 6.45) is 5.43. The van der Waals surface area contributed by atoms with Gasteiger partial charge in [-0.2, -0.15) is 0 Å². The minimum atomic E-state index is -0.699. The van der Waals surface area contributed by atoms with Crippen molar-refractivity contribution in [2.45, 2.75) is 44.1 Å². The first-order chi connectivity index (χ1) is 11.5. The zero-order valence-corrected chi connectivity index (χ0v) is 15.9. The zero-order chi connectivity index (χ0) is 17.3. The largest absolute Gasteiger partial charge is 0.341 e. The van der Waals surface area contributed by atoms with Crippen molar-refractivity contribution in [2.24, 2.45) is 5.92 Å². The lowest BCUT2D eigenvalue weighted by Gasteiger charge is -2.35. The molecule has 1 spiro atoms. The minimum absolute atomic E-state index is 0. The Balaban J connectivity index is 0.00000225. The molecule has 2 saturated heterocycles. The first-order valence-corrected chi connectivity index (χ1v) is 9.02. The van der Waals surface area contributed by atoms with Crippen LogP contribution in [0.1, 0.15) is 38.5 Å². The van der Waals surface area contributed by atoms with Crippen LogP contribution in [0.5, 0.6) is 0 Å². The van der Waals surface area contributed by atoms with Crippen LogP contribution in [-0.4, -0.2) is 78.4 Å². The van der Waals surface area contributed by atoms with Gasteiger partial charge in [0.2, 0.25) is 5.91 Å². The molecule has 142 valence electrons. The van der Waals surface area contributed by atoms with Gasteiger partial charge in [0.15, 0.2) is 0 Å². The highest BCUT2D eigenvalue weighted by molar-refractivity contribution is 6.08. The Labute approximate surface area is 155 Å². The molecule has 0 radical (unpaired) electrons. The predicted octanol–water partition coefficient (Wildman–Crippen LogP) is 1.07. The van der Waals surface area contributed by atoms with Crippen molar-refractivity contribution in [1.29, 1.82) is 0 Å². The highest BCUT2D eigenvalue weighted by atomic mass is 35.5. The zero-order valence-electron chi connectivity index (χ0n) is 15.1. The lowest BCUT2D eigenvalue weighted by molar-refractivity contribution is -0.140. The third-order valence-electron chi connectivity index (χ3n) is 5.91. The maximum absolute atomic E-state index is 12.9. The number of likely N-dealkylation sites (tertiary alicyclic amines) is 1. The molecular formula is C17H29ClN4O3. The highest BCUT2D eigenvalue weighted by Crippen LogP contribution is 2.39. The second kappa shape index (κ2) is 7.91. The summed E-state index contributed by atoms with van der Waals surface area (Å²) in [4.78, 5) is 42.6. The maximum Gasteiger partial charge on any atom is 0.327 e. The number of rotatable bonds is 4. The number of hydrogen-bond donors (Lipinski definition) is 1. The summed E-state index contributed by atoms with van der Waals surface area (Å²) in [5, 5.41) is 3.14. The number of amides is 4. The maximum atomic E-state index is 12.9. The van der Waals surface area contributed by atoms with Gasteiger partial charge in [0.1, 0.15) is 12.1 Å². The predicted molar refractivity (Wildman–Crippen MR) is 96.5 cm³/mol. The van der Waals surface area contributed by atoms with Crippen LogP contribution in [0.3, 0.4) is 0 Å². The molecule has 3 rings (SSSR count). The van der Waals surface area contributed by atoms with Crippen LogP contribution in [0.4, 0.5) is 4.79 Å². The molecule has 4 amide bonds. The van der Waals surface area contributed by atoms with Crippen molar-refractivity contribution in [3.8, 4) is 0 Å². The van der Waals surface area contributed by atoms with Crippen molar-refractivity contribution >= 4 is 30.3 Å². The average molecular weight is 373 g/mol. The van der Waals surface area contributed by atoms with Gasteiger partial charge in [-0.15, -0.1) is 12.4 Å². The third kappa shape index (κ3) is 3.49. The molecule has 3 aliphatic rings. The van der Waals surface area contributed by atoms with Crippen molar-refractivity contribution < 1.29 is 14.4 Å². The van der Waals surface area contributed by atoms with Crippen molar-refractivity contribution in [2.75, 3.05) is 40.3 Å². The van der Waals surface area contributed by atoms with E-state index in [-0.39, 0.29) is 36.8 Å². The smallest absolute Gasteiger partial charge is 0.327 e. The summed E-state index contributed by atoms with van der Waals surface area (Å²) in [5.41, 5.74) is -0.699. The van der Waals surface area contributed by atoms with E-state index in [1.165, 1.54) is 4.90 Å². The molecule has 1 atom stereocenters. The summed E-state index contributed by atoms with van der Waals surface area (Å²) in [7, 11) is 3.61. The van der Waals surface area contributed by atoms with Crippen molar-refractivity contribution in [1.82, 2.24) is 20.0 Å². The van der Waals surface area contributed by atoms with E-state index in [2.05, 4.69) is 5.32 Å². The van der Waals surface area contributed by atoms with Crippen LogP contribution in [0, 0.1) is 5.92 Å². The fourth-order valence-corrected chi connectivity index (χ4v) is 4.42. The quantitative estimate of drug-likeness (QED) is 0.749. The molecule has 1 unspecified atom stereocenters. The van der Waals surface area contributed by atoms with Gasteiger partial charge in [0, 0.05) is 20.1 Å². The average Bonchev–Trinajstić information content (AvgIpc) is 3.12. The Morgan fingerprint density at radius 1 is 1.24 bits per heavy atom. The number of nitrogens with one attached hydrogen (secondary N) is 1. The van der Waals surface area contributed by atoms with E-state index in [9.17, 15) is 14.4 Å². The van der Waals surface area contributed by atoms with Crippen LogP contribution in [-0.2, 0) is 9.59 Å². The number of carbonyl (C=O) groups is 3. The van der Waals surface area contributed by atoms with Gasteiger partial charge in [0.05, 0.1) is 0 Å². The van der Waals surface area contributed by atoms with E-state index in [4.69, 9.17) is 0 Å². The van der Waals surface area contributed by atoms with E-state index < -0.39 is 5.54 Å². The summed E-state index contributed by atoms with van der Waals surface area (Å²) in [6, 6.07) is -0.318. The number of hydrogen-bond acceptors (Lipinski definition) is 4. The Morgan fingerprint density at radius 3 is 2.56 bits per heavy atom. The monoisotopic (exact) mass is 372 g/mol. The molecular weight excluding hydrogens is 344 g/mol. The summed E-state index contributed by atoms with van der Waals surface area (Å²) < 4.78 is 0. The number of likely N-dealkylation sites (N-methyl/N-ethyl adjacent to an activating group) is 1. The molecule has 3 fully saturated rings. The summed E-state index contributed by atoms with van der Waals surface area (Å²) in [5.74, 6) is 0.168. The Bertz CT molecular complexity index is 536. The lowest BCUT2D eigenvalue weighted by Crippen LogP contribution is -2.49. The molecule has 7 nitrogen and oxygen atoms in total. The number of carbonyl (C=O) groups excluding carboxylic acids is 3. The normalized spacial score (nSPS) is 25.7. The molecule has 1 saturated carbocycles. The molecule has 0 bridgehead atoms. The first kappa shape index (κ1) is 20.0. The molecule has 25 heavy (non-hydrogen) atoms. The Hall–Kier alpha value is -1.34. The minimum Gasteiger partial charge on any atom is -0.341 e. The van der Waals surface area contributed by atoms with E-state index in [1.54, 1.807) is 16.8 Å². The van der Waals surface area contributed by atoms with Gasteiger partial charge in [-0.05, 0) is 38.8 Å². The number of halogens is 1. The summed E-state index contributed by atoms with van der Waals surface area (Å²) >= 11 is 0. The molecule has 0 aromatic carbocycles. The number of nitrogens with zero attached hydrogens (tertiary/aromatic N) is 3. The van der Waals surface area contributed by atoms with Crippen molar-refractivity contribution in [3.63, 3.8) is 0 Å². The van der Waals surface area contributed by atoms with Crippen LogP contribution >= 0.6 is 12.4 Å². The number of imide groups is 1. The van der Waals surface area contributed by atoms with Crippen LogP contribution in [0.2, 0.25) is 0 Å². The molecule has 2 aliphatic heterocycles. The second-order valence-electron chi connectivity index (χ2n) is 7.38. The standard InChI is InChI=1S/C17H28N4O3.ClH/c1-18-10-13-6-9-20(11-13)14(22)12-21-15(23)17(19(2)16(21)24)7-4-3-5-8-17;/h13,18H,3-12H2,1-2H3;1H. The molecule has 2 heterocycles. The van der Waals surface area contributed by atoms with E-state index in [0.717, 1.165) is 32.2 Å². The Kier molecular flexibility index (Phi) is 6.32. The molecule has 8 heteroatoms. The van der Waals surface area contributed by atoms with Crippen molar-refractivity contribution in [3.05, 3.63) is 0 Å². The molecule has 0 aromatic heterocycles. The van der Waals surface area contributed by atoms with Gasteiger partial charge in [0.25, 0.3) is 5.91 Å². The van der Waals surface area contributed by atoms with Gasteiger partial charge < -0.3 is 15.1 Å². The van der Waals surface area contributed by atoms with Crippen LogP contribution in [0.15, 0.2) is 0 Å². The fraction of sp³-hybridized carbons (Fsp3) is 0.824. The SMILES string of the molecule is CNCC1CCN(C(=O)CN2C(=O)N(C)C3(CCCCC3)C2=O)C1.Cl. The van der Waals surface area contributed by atoms with Gasteiger partial charge in [-0.3, -0.25) is 14.5 Å². The molecule has 0 aromatic rings. The van der Waals surface area contributed by atoms with E-state index in [1.807, 2.05) is 7.05 Å². The lowest BCUT2D eigenvalue weighted by atomic mass is 9.81. The highest BCUT2D eigenvalue weighted by Gasteiger charge is 2.56. The number of urea groups is 1. The first-order valence-electron chi connectivity index (χ1n) is 9.02. The molecule has 1 N–H and O–H groups in total. The van der Waals surface area contributed by atoms with E-state index >= 15 is 0 Å².